The molecule has 0 bridgehead atoms. The van der Waals surface area contributed by atoms with Gasteiger partial charge < -0.3 is 10.6 Å². The third kappa shape index (κ3) is 4.78. The number of nitrogens with zero attached hydrogens (tertiary/aromatic N) is 1. The van der Waals surface area contributed by atoms with E-state index in [9.17, 15) is 9.59 Å². The zero-order chi connectivity index (χ0) is 15.3. The maximum absolute atomic E-state index is 12.2. The van der Waals surface area contributed by atoms with Crippen molar-refractivity contribution in [1.29, 1.82) is 0 Å². The molecule has 1 fully saturated rings. The quantitative estimate of drug-likeness (QED) is 0.767. The number of rotatable bonds is 6. The van der Waals surface area contributed by atoms with E-state index in [2.05, 4.69) is 12.2 Å². The molecular formula is C15H29N3O2. The van der Waals surface area contributed by atoms with E-state index in [0.29, 0.717) is 18.3 Å². The second kappa shape index (κ2) is 7.07. The molecule has 0 unspecified atom stereocenters. The highest BCUT2D eigenvalue weighted by Gasteiger charge is 2.32. The van der Waals surface area contributed by atoms with Gasteiger partial charge in [-0.1, -0.05) is 20.8 Å². The molecule has 5 nitrogen and oxygen atoms in total. The molecule has 0 saturated carbocycles. The molecule has 1 rings (SSSR count). The Morgan fingerprint density at radius 3 is 2.35 bits per heavy atom. The van der Waals surface area contributed by atoms with Crippen molar-refractivity contribution in [3.63, 3.8) is 0 Å². The minimum atomic E-state index is -0.813. The van der Waals surface area contributed by atoms with Crippen molar-refractivity contribution in [3.8, 4) is 0 Å². The third-order valence-electron chi connectivity index (χ3n) is 4.13. The first-order valence-electron chi connectivity index (χ1n) is 7.57. The van der Waals surface area contributed by atoms with Crippen molar-refractivity contribution < 1.29 is 9.59 Å². The molecule has 1 atom stereocenters. The molecule has 116 valence electrons. The van der Waals surface area contributed by atoms with Gasteiger partial charge >= 0.3 is 0 Å². The first kappa shape index (κ1) is 17.0. The molecule has 0 aromatic rings. The van der Waals surface area contributed by atoms with Crippen LogP contribution in [0.4, 0.5) is 0 Å². The summed E-state index contributed by atoms with van der Waals surface area (Å²) < 4.78 is 0. The van der Waals surface area contributed by atoms with Gasteiger partial charge in [-0.25, -0.2) is 0 Å². The van der Waals surface area contributed by atoms with Crippen LogP contribution in [0.1, 0.15) is 47.0 Å². The van der Waals surface area contributed by atoms with Crippen molar-refractivity contribution in [2.45, 2.75) is 52.5 Å². The minimum Gasteiger partial charge on any atom is -0.368 e. The number of piperidine rings is 1. The molecule has 0 aromatic heterocycles. The van der Waals surface area contributed by atoms with Crippen LogP contribution in [0.25, 0.3) is 0 Å². The number of hydrogen-bond acceptors (Lipinski definition) is 3. The van der Waals surface area contributed by atoms with E-state index >= 15 is 0 Å². The van der Waals surface area contributed by atoms with Crippen molar-refractivity contribution in [2.75, 3.05) is 19.6 Å². The zero-order valence-electron chi connectivity index (χ0n) is 13.2. The summed E-state index contributed by atoms with van der Waals surface area (Å²) in [5.41, 5.74) is 4.66. The summed E-state index contributed by atoms with van der Waals surface area (Å²) in [5, 5.41) is 3.07. The SMILES string of the molecule is CC(C)C[C@](C)(NCC(=O)N1CCC(C)CC1)C(N)=O. The first-order valence-corrected chi connectivity index (χ1v) is 7.57. The van der Waals surface area contributed by atoms with Crippen LogP contribution in [0.15, 0.2) is 0 Å². The normalized spacial score (nSPS) is 19.9. The van der Waals surface area contributed by atoms with Crippen LogP contribution in [-0.4, -0.2) is 41.9 Å². The lowest BCUT2D eigenvalue weighted by atomic mass is 9.90. The standard InChI is InChI=1S/C15H29N3O2/c1-11(2)9-15(4,14(16)20)17-10-13(19)18-7-5-12(3)6-8-18/h11-12,17H,5-10H2,1-4H3,(H2,16,20)/t15-/m0/s1. The molecule has 1 aliphatic rings. The van der Waals surface area contributed by atoms with Crippen LogP contribution in [0.3, 0.4) is 0 Å². The summed E-state index contributed by atoms with van der Waals surface area (Å²) in [6.45, 7) is 9.89. The van der Waals surface area contributed by atoms with Gasteiger partial charge in [-0.2, -0.15) is 0 Å². The van der Waals surface area contributed by atoms with Crippen molar-refractivity contribution in [3.05, 3.63) is 0 Å². The second-order valence-electron chi connectivity index (χ2n) is 6.71. The van der Waals surface area contributed by atoms with Crippen molar-refractivity contribution in [2.24, 2.45) is 17.6 Å². The highest BCUT2D eigenvalue weighted by Crippen LogP contribution is 2.18. The first-order chi connectivity index (χ1) is 9.24. The zero-order valence-corrected chi connectivity index (χ0v) is 13.2. The van der Waals surface area contributed by atoms with E-state index in [-0.39, 0.29) is 12.5 Å². The molecule has 1 saturated heterocycles. The van der Waals surface area contributed by atoms with E-state index in [0.717, 1.165) is 25.9 Å². The Morgan fingerprint density at radius 1 is 1.35 bits per heavy atom. The summed E-state index contributed by atoms with van der Waals surface area (Å²) in [6.07, 6.45) is 2.75. The van der Waals surface area contributed by atoms with Gasteiger partial charge in [-0.05, 0) is 38.0 Å². The Bertz CT molecular complexity index is 349. The lowest BCUT2D eigenvalue weighted by Crippen LogP contribution is -2.56. The number of hydrogen-bond donors (Lipinski definition) is 2. The van der Waals surface area contributed by atoms with Crippen LogP contribution in [0.2, 0.25) is 0 Å². The van der Waals surface area contributed by atoms with Crippen LogP contribution >= 0.6 is 0 Å². The number of carbonyl (C=O) groups excluding carboxylic acids is 2. The highest BCUT2D eigenvalue weighted by molar-refractivity contribution is 5.85. The average Bonchev–Trinajstić information content (AvgIpc) is 2.36. The van der Waals surface area contributed by atoms with E-state index < -0.39 is 11.4 Å². The predicted octanol–water partition coefficient (Wildman–Crippen LogP) is 1.12. The Labute approximate surface area is 122 Å². The van der Waals surface area contributed by atoms with E-state index in [1.54, 1.807) is 6.92 Å². The van der Waals surface area contributed by atoms with Crippen LogP contribution in [-0.2, 0) is 9.59 Å². The summed E-state index contributed by atoms with van der Waals surface area (Å²) in [6, 6.07) is 0. The number of likely N-dealkylation sites (tertiary alicyclic amines) is 1. The molecule has 20 heavy (non-hydrogen) atoms. The highest BCUT2D eigenvalue weighted by atomic mass is 16.2. The topological polar surface area (TPSA) is 75.4 Å². The van der Waals surface area contributed by atoms with Gasteiger partial charge in [-0.3, -0.25) is 14.9 Å². The fourth-order valence-electron chi connectivity index (χ4n) is 2.72. The third-order valence-corrected chi connectivity index (χ3v) is 4.13. The van der Waals surface area contributed by atoms with Crippen LogP contribution < -0.4 is 11.1 Å². The van der Waals surface area contributed by atoms with E-state index in [1.807, 2.05) is 18.7 Å². The van der Waals surface area contributed by atoms with Gasteiger partial charge in [0, 0.05) is 13.1 Å². The number of nitrogens with one attached hydrogen (secondary N) is 1. The van der Waals surface area contributed by atoms with Gasteiger partial charge in [-0.15, -0.1) is 0 Å². The van der Waals surface area contributed by atoms with E-state index in [1.165, 1.54) is 0 Å². The molecule has 1 heterocycles. The Balaban J connectivity index is 2.50. The fraction of sp³-hybridized carbons (Fsp3) is 0.867. The number of primary amides is 1. The predicted molar refractivity (Wildman–Crippen MR) is 80.0 cm³/mol. The summed E-state index contributed by atoms with van der Waals surface area (Å²) in [5.74, 6) is 0.703. The van der Waals surface area contributed by atoms with Gasteiger partial charge in [0.2, 0.25) is 11.8 Å². The summed E-state index contributed by atoms with van der Waals surface area (Å²) >= 11 is 0. The molecule has 0 spiro atoms. The lowest BCUT2D eigenvalue weighted by molar-refractivity contribution is -0.132. The van der Waals surface area contributed by atoms with Gasteiger partial charge in [0.1, 0.15) is 0 Å². The van der Waals surface area contributed by atoms with Crippen LogP contribution in [0, 0.1) is 11.8 Å². The minimum absolute atomic E-state index is 0.0631. The number of carbonyl (C=O) groups is 2. The maximum Gasteiger partial charge on any atom is 0.237 e. The maximum atomic E-state index is 12.2. The second-order valence-corrected chi connectivity index (χ2v) is 6.71. The van der Waals surface area contributed by atoms with Crippen LogP contribution in [0.5, 0.6) is 0 Å². The molecule has 3 N–H and O–H groups in total. The fourth-order valence-corrected chi connectivity index (χ4v) is 2.72. The Hall–Kier alpha value is -1.10. The van der Waals surface area contributed by atoms with E-state index in [4.69, 9.17) is 5.73 Å². The van der Waals surface area contributed by atoms with Gasteiger partial charge in [0.15, 0.2) is 0 Å². The summed E-state index contributed by atoms with van der Waals surface area (Å²) in [7, 11) is 0. The van der Waals surface area contributed by atoms with Crippen molar-refractivity contribution in [1.82, 2.24) is 10.2 Å². The molecule has 0 radical (unpaired) electrons. The smallest absolute Gasteiger partial charge is 0.237 e. The monoisotopic (exact) mass is 283 g/mol. The molecule has 0 aromatic carbocycles. The molecule has 1 aliphatic heterocycles. The molecule has 2 amide bonds. The molecule has 5 heteroatoms. The molecular weight excluding hydrogens is 254 g/mol. The van der Waals surface area contributed by atoms with Gasteiger partial charge in [0.25, 0.3) is 0 Å². The number of amides is 2. The lowest BCUT2D eigenvalue weighted by Gasteiger charge is -2.33. The average molecular weight is 283 g/mol. The molecule has 0 aliphatic carbocycles. The van der Waals surface area contributed by atoms with Gasteiger partial charge in [0.05, 0.1) is 12.1 Å². The largest absolute Gasteiger partial charge is 0.368 e. The number of nitrogens with two attached hydrogens (primary N) is 1. The Kier molecular flexibility index (Phi) is 5.99. The Morgan fingerprint density at radius 2 is 1.90 bits per heavy atom. The van der Waals surface area contributed by atoms with Crippen molar-refractivity contribution >= 4 is 11.8 Å². The summed E-state index contributed by atoms with van der Waals surface area (Å²) in [4.78, 5) is 25.7.